The van der Waals surface area contributed by atoms with E-state index in [1.807, 2.05) is 25.1 Å². The van der Waals surface area contributed by atoms with Crippen LogP contribution in [0.1, 0.15) is 38.2 Å². The maximum Gasteiger partial charge on any atom is 0.244 e. The minimum absolute atomic E-state index is 0.102. The molecule has 3 nitrogen and oxygen atoms in total. The molecule has 0 bridgehead atoms. The van der Waals surface area contributed by atoms with Crippen LogP contribution in [0, 0.1) is 18.8 Å². The number of benzene rings is 1. The van der Waals surface area contributed by atoms with Gasteiger partial charge in [0.25, 0.3) is 0 Å². The third-order valence-electron chi connectivity index (χ3n) is 3.89. The van der Waals surface area contributed by atoms with E-state index in [0.29, 0.717) is 4.90 Å². The van der Waals surface area contributed by atoms with Gasteiger partial charge in [0, 0.05) is 6.04 Å². The molecule has 22 heavy (non-hydrogen) atoms. The smallest absolute Gasteiger partial charge is 0.207 e. The van der Waals surface area contributed by atoms with E-state index < -0.39 is 10.0 Å². The Balaban J connectivity index is 2.37. The number of sulfonamides is 1. The van der Waals surface area contributed by atoms with E-state index in [0.717, 1.165) is 31.2 Å². The van der Waals surface area contributed by atoms with Crippen LogP contribution in [-0.2, 0) is 10.0 Å². The third kappa shape index (κ3) is 4.00. The van der Waals surface area contributed by atoms with Crippen LogP contribution >= 0.6 is 0 Å². The summed E-state index contributed by atoms with van der Waals surface area (Å²) in [5.74, 6) is 5.72. The molecule has 0 aliphatic heterocycles. The molecule has 0 N–H and O–H groups in total. The highest BCUT2D eigenvalue weighted by molar-refractivity contribution is 7.89. The van der Waals surface area contributed by atoms with Gasteiger partial charge >= 0.3 is 0 Å². The Labute approximate surface area is 134 Å². The largest absolute Gasteiger partial charge is 0.244 e. The Morgan fingerprint density at radius 2 is 1.95 bits per heavy atom. The van der Waals surface area contributed by atoms with Crippen LogP contribution in [0.15, 0.2) is 41.3 Å². The molecule has 1 aromatic carbocycles. The predicted molar refractivity (Wildman–Crippen MR) is 89.9 cm³/mol. The van der Waals surface area contributed by atoms with Crippen molar-refractivity contribution < 1.29 is 8.42 Å². The fourth-order valence-corrected chi connectivity index (χ4v) is 4.11. The lowest BCUT2D eigenvalue weighted by molar-refractivity contribution is 0.374. The predicted octanol–water partition coefficient (Wildman–Crippen LogP) is 3.51. The van der Waals surface area contributed by atoms with Crippen LogP contribution in [0.25, 0.3) is 0 Å². The zero-order valence-corrected chi connectivity index (χ0v) is 14.1. The molecule has 0 radical (unpaired) electrons. The van der Waals surface area contributed by atoms with Crippen LogP contribution in [0.2, 0.25) is 0 Å². The Morgan fingerprint density at radius 1 is 1.23 bits per heavy atom. The average molecular weight is 317 g/mol. The highest BCUT2D eigenvalue weighted by Gasteiger charge is 2.29. The molecule has 2 rings (SSSR count). The van der Waals surface area contributed by atoms with Gasteiger partial charge in [-0.2, -0.15) is 4.31 Å². The van der Waals surface area contributed by atoms with E-state index in [2.05, 4.69) is 17.9 Å². The van der Waals surface area contributed by atoms with Gasteiger partial charge in [-0.15, -0.1) is 5.92 Å². The summed E-state index contributed by atoms with van der Waals surface area (Å²) < 4.78 is 27.5. The second-order valence-electron chi connectivity index (χ2n) is 5.57. The molecule has 0 fully saturated rings. The van der Waals surface area contributed by atoms with Crippen molar-refractivity contribution >= 4 is 10.0 Å². The van der Waals surface area contributed by atoms with Crippen LogP contribution in [0.4, 0.5) is 0 Å². The van der Waals surface area contributed by atoms with E-state index in [-0.39, 0.29) is 12.6 Å². The van der Waals surface area contributed by atoms with Crippen LogP contribution in [0.5, 0.6) is 0 Å². The molecule has 1 aliphatic carbocycles. The molecule has 0 saturated carbocycles. The van der Waals surface area contributed by atoms with Gasteiger partial charge in [0.05, 0.1) is 11.4 Å². The molecular weight excluding hydrogens is 294 g/mol. The van der Waals surface area contributed by atoms with Gasteiger partial charge in [-0.3, -0.25) is 0 Å². The lowest BCUT2D eigenvalue weighted by Crippen LogP contribution is -2.39. The number of hydrogen-bond donors (Lipinski definition) is 0. The van der Waals surface area contributed by atoms with Gasteiger partial charge in [0.1, 0.15) is 0 Å². The van der Waals surface area contributed by atoms with Crippen molar-refractivity contribution in [1.29, 1.82) is 0 Å². The van der Waals surface area contributed by atoms with Gasteiger partial charge in [0.2, 0.25) is 10.0 Å². The van der Waals surface area contributed by atoms with Gasteiger partial charge in [-0.05, 0) is 45.2 Å². The van der Waals surface area contributed by atoms with Crippen molar-refractivity contribution in [3.05, 3.63) is 42.0 Å². The van der Waals surface area contributed by atoms with E-state index in [4.69, 9.17) is 0 Å². The fourth-order valence-electron chi connectivity index (χ4n) is 2.59. The van der Waals surface area contributed by atoms with Crippen molar-refractivity contribution in [3.63, 3.8) is 0 Å². The first-order valence-corrected chi connectivity index (χ1v) is 9.14. The molecule has 0 saturated heterocycles. The monoisotopic (exact) mass is 317 g/mol. The Kier molecular flexibility index (Phi) is 5.82. The summed E-state index contributed by atoms with van der Waals surface area (Å²) in [6, 6.07) is 6.92. The third-order valence-corrected chi connectivity index (χ3v) is 5.77. The van der Waals surface area contributed by atoms with E-state index in [1.165, 1.54) is 4.31 Å². The Bertz CT molecular complexity index is 678. The number of hydrogen-bond acceptors (Lipinski definition) is 2. The highest BCUT2D eigenvalue weighted by Crippen LogP contribution is 2.24. The summed E-state index contributed by atoms with van der Waals surface area (Å²) in [6.45, 7) is 3.92. The minimum Gasteiger partial charge on any atom is -0.207 e. The fraction of sp³-hybridized carbons (Fsp3) is 0.444. The molecule has 1 aromatic rings. The average Bonchev–Trinajstić information content (AvgIpc) is 2.77. The summed E-state index contributed by atoms with van der Waals surface area (Å²) in [6.07, 6.45) is 8.15. The van der Waals surface area contributed by atoms with Gasteiger partial charge < -0.3 is 0 Å². The quantitative estimate of drug-likeness (QED) is 0.629. The summed E-state index contributed by atoms with van der Waals surface area (Å²) in [4.78, 5) is 0.341. The van der Waals surface area contributed by atoms with Gasteiger partial charge in [0.15, 0.2) is 0 Å². The molecule has 0 aromatic heterocycles. The zero-order valence-electron chi connectivity index (χ0n) is 13.2. The van der Waals surface area contributed by atoms with Crippen molar-refractivity contribution in [2.24, 2.45) is 0 Å². The number of allylic oxidation sites excluding steroid dienone is 1. The van der Waals surface area contributed by atoms with Crippen molar-refractivity contribution in [1.82, 2.24) is 4.31 Å². The summed E-state index contributed by atoms with van der Waals surface area (Å²) in [5.41, 5.74) is 1.05. The van der Waals surface area contributed by atoms with Crippen LogP contribution in [-0.4, -0.2) is 25.3 Å². The Hall–Kier alpha value is -1.57. The van der Waals surface area contributed by atoms with Gasteiger partial charge in [-0.1, -0.05) is 42.2 Å². The van der Waals surface area contributed by atoms with Crippen LogP contribution < -0.4 is 0 Å². The Morgan fingerprint density at radius 3 is 2.64 bits per heavy atom. The standard InChI is InChI=1S/C18H23NO2S/c1-3-4-15-19(17-9-7-5-6-8-10-17)22(20,21)18-13-11-16(2)12-14-18/h7,9,11-14,17H,5-6,8,10,15H2,1-2H3. The van der Waals surface area contributed by atoms with Gasteiger partial charge in [-0.25, -0.2) is 8.42 Å². The second kappa shape index (κ2) is 7.62. The van der Waals surface area contributed by atoms with Crippen molar-refractivity contribution in [2.75, 3.05) is 6.54 Å². The maximum absolute atomic E-state index is 13.0. The highest BCUT2D eigenvalue weighted by atomic mass is 32.2. The number of nitrogens with zero attached hydrogens (tertiary/aromatic N) is 1. The minimum atomic E-state index is -3.53. The van der Waals surface area contributed by atoms with E-state index in [9.17, 15) is 8.42 Å². The SMILES string of the molecule is CC#CCN(C1C=CCCCC1)S(=O)(=O)c1ccc(C)cc1. The van der Waals surface area contributed by atoms with E-state index in [1.54, 1.807) is 19.1 Å². The molecule has 0 heterocycles. The van der Waals surface area contributed by atoms with Crippen LogP contribution in [0.3, 0.4) is 0 Å². The van der Waals surface area contributed by atoms with Crippen molar-refractivity contribution in [3.8, 4) is 11.8 Å². The first-order valence-electron chi connectivity index (χ1n) is 7.70. The first-order chi connectivity index (χ1) is 10.6. The normalized spacial score (nSPS) is 18.6. The molecule has 1 unspecified atom stereocenters. The maximum atomic E-state index is 13.0. The first kappa shape index (κ1) is 16.8. The number of rotatable bonds is 4. The van der Waals surface area contributed by atoms with Crippen molar-refractivity contribution in [2.45, 2.75) is 50.5 Å². The lowest BCUT2D eigenvalue weighted by atomic mass is 10.1. The summed E-state index contributed by atoms with van der Waals surface area (Å²) in [7, 11) is -3.53. The number of aryl methyl sites for hydroxylation is 1. The summed E-state index contributed by atoms with van der Waals surface area (Å²) in [5, 5.41) is 0. The molecule has 118 valence electrons. The summed E-state index contributed by atoms with van der Waals surface area (Å²) >= 11 is 0. The molecule has 1 atom stereocenters. The molecule has 0 amide bonds. The molecule has 1 aliphatic rings. The molecule has 4 heteroatoms. The topological polar surface area (TPSA) is 37.4 Å². The zero-order chi connectivity index (χ0) is 16.0. The lowest BCUT2D eigenvalue weighted by Gasteiger charge is -2.27. The van der Waals surface area contributed by atoms with E-state index >= 15 is 0 Å². The second-order valence-corrected chi connectivity index (χ2v) is 7.46. The molecular formula is C18H23NO2S. The molecule has 0 spiro atoms.